The number of ether oxygens (including phenoxy) is 1. The highest BCUT2D eigenvalue weighted by Gasteiger charge is 2.42. The van der Waals surface area contributed by atoms with Crippen LogP contribution in [0.3, 0.4) is 0 Å². The molecule has 0 saturated heterocycles. The average molecular weight is 315 g/mol. The fourth-order valence-corrected chi connectivity index (χ4v) is 3.01. The van der Waals surface area contributed by atoms with Crippen molar-refractivity contribution in [1.29, 1.82) is 0 Å². The van der Waals surface area contributed by atoms with E-state index in [1.165, 1.54) is 4.90 Å². The molecule has 0 fully saturated rings. The molecule has 0 spiro atoms. The maximum atomic E-state index is 12.8. The molecule has 1 atom stereocenters. The number of rotatable bonds is 4. The Balaban J connectivity index is 1.96. The molecule has 1 aromatic carbocycles. The second-order valence-electron chi connectivity index (χ2n) is 5.93. The van der Waals surface area contributed by atoms with Gasteiger partial charge in [0.1, 0.15) is 0 Å². The summed E-state index contributed by atoms with van der Waals surface area (Å²) in [4.78, 5) is 28.3. The Morgan fingerprint density at radius 1 is 1.26 bits per heavy atom. The molecule has 2 heterocycles. The quantitative estimate of drug-likeness (QED) is 0.914. The van der Waals surface area contributed by atoms with Gasteiger partial charge in [-0.1, -0.05) is 29.8 Å². The summed E-state index contributed by atoms with van der Waals surface area (Å²) in [6.07, 6.45) is 0. The van der Waals surface area contributed by atoms with Crippen molar-refractivity contribution in [2.24, 2.45) is 0 Å². The number of amides is 3. The average Bonchev–Trinajstić information content (AvgIpc) is 2.87. The van der Waals surface area contributed by atoms with Gasteiger partial charge in [-0.2, -0.15) is 0 Å². The molecule has 0 aliphatic carbocycles. The minimum atomic E-state index is -0.394. The zero-order valence-corrected chi connectivity index (χ0v) is 13.6. The number of benzene rings is 1. The van der Waals surface area contributed by atoms with E-state index >= 15 is 0 Å². The Morgan fingerprint density at radius 3 is 2.61 bits per heavy atom. The minimum Gasteiger partial charge on any atom is -0.383 e. The molecule has 3 rings (SSSR count). The molecule has 1 unspecified atom stereocenters. The van der Waals surface area contributed by atoms with E-state index < -0.39 is 6.04 Å². The van der Waals surface area contributed by atoms with E-state index in [4.69, 9.17) is 4.74 Å². The predicted octanol–water partition coefficient (Wildman–Crippen LogP) is 1.43. The molecule has 2 aliphatic heterocycles. The van der Waals surface area contributed by atoms with E-state index in [0.717, 1.165) is 16.8 Å². The Labute approximate surface area is 135 Å². The summed E-state index contributed by atoms with van der Waals surface area (Å²) >= 11 is 0. The predicted molar refractivity (Wildman–Crippen MR) is 85.7 cm³/mol. The third kappa shape index (κ3) is 2.70. The van der Waals surface area contributed by atoms with Gasteiger partial charge in [0.15, 0.2) is 0 Å². The van der Waals surface area contributed by atoms with Gasteiger partial charge in [-0.25, -0.2) is 4.79 Å². The monoisotopic (exact) mass is 315 g/mol. The molecule has 6 heteroatoms. The van der Waals surface area contributed by atoms with Gasteiger partial charge in [-0.05, 0) is 12.5 Å². The highest BCUT2D eigenvalue weighted by Crippen LogP contribution is 2.35. The maximum absolute atomic E-state index is 12.8. The summed E-state index contributed by atoms with van der Waals surface area (Å²) in [7, 11) is 3.31. The van der Waals surface area contributed by atoms with Crippen LogP contribution in [0.25, 0.3) is 0 Å². The van der Waals surface area contributed by atoms with Gasteiger partial charge < -0.3 is 15.0 Å². The first-order valence-electron chi connectivity index (χ1n) is 7.65. The summed E-state index contributed by atoms with van der Waals surface area (Å²) in [5.74, 6) is -0.0329. The van der Waals surface area contributed by atoms with Crippen molar-refractivity contribution >= 4 is 11.9 Å². The van der Waals surface area contributed by atoms with Crippen LogP contribution < -0.4 is 5.32 Å². The van der Waals surface area contributed by atoms with Crippen LogP contribution in [0.4, 0.5) is 4.79 Å². The molecule has 1 aromatic rings. The SMILES string of the molecule is COCCN1CC2=C(C1=O)C(c1ccc(C)cc1)NC(=O)N2C. The summed E-state index contributed by atoms with van der Waals surface area (Å²) < 4.78 is 5.07. The number of urea groups is 1. The zero-order valence-electron chi connectivity index (χ0n) is 13.6. The topological polar surface area (TPSA) is 61.9 Å². The molecule has 1 N–H and O–H groups in total. The van der Waals surface area contributed by atoms with Gasteiger partial charge in [0.25, 0.3) is 5.91 Å². The molecular weight excluding hydrogens is 294 g/mol. The normalized spacial score (nSPS) is 20.9. The van der Waals surface area contributed by atoms with Crippen LogP contribution in [0.1, 0.15) is 17.2 Å². The molecule has 0 saturated carbocycles. The molecule has 23 heavy (non-hydrogen) atoms. The summed E-state index contributed by atoms with van der Waals surface area (Å²) in [5, 5.41) is 2.93. The highest BCUT2D eigenvalue weighted by atomic mass is 16.5. The maximum Gasteiger partial charge on any atom is 0.322 e. The summed E-state index contributed by atoms with van der Waals surface area (Å²) in [5.41, 5.74) is 3.50. The largest absolute Gasteiger partial charge is 0.383 e. The molecule has 122 valence electrons. The summed E-state index contributed by atoms with van der Waals surface area (Å²) in [6, 6.07) is 7.32. The van der Waals surface area contributed by atoms with Crippen LogP contribution >= 0.6 is 0 Å². The van der Waals surface area contributed by atoms with Crippen LogP contribution in [0.15, 0.2) is 35.5 Å². The fraction of sp³-hybridized carbons (Fsp3) is 0.412. The number of methoxy groups -OCH3 is 1. The lowest BCUT2D eigenvalue weighted by atomic mass is 9.95. The Kier molecular flexibility index (Phi) is 4.09. The standard InChI is InChI=1S/C17H21N3O3/c1-11-4-6-12(7-5-11)15-14-13(19(2)17(22)18-15)10-20(16(14)21)8-9-23-3/h4-7,15H,8-10H2,1-3H3,(H,18,22). The van der Waals surface area contributed by atoms with Crippen LogP contribution in [-0.4, -0.2) is 55.6 Å². The van der Waals surface area contributed by atoms with E-state index in [0.29, 0.717) is 25.3 Å². The first-order valence-corrected chi connectivity index (χ1v) is 7.65. The molecular formula is C17H21N3O3. The van der Waals surface area contributed by atoms with Crippen LogP contribution in [0, 0.1) is 6.92 Å². The van der Waals surface area contributed by atoms with Crippen molar-refractivity contribution in [3.63, 3.8) is 0 Å². The number of carbonyl (C=O) groups excluding carboxylic acids is 2. The molecule has 0 bridgehead atoms. The molecule has 0 radical (unpaired) electrons. The lowest BCUT2D eigenvalue weighted by Gasteiger charge is -2.31. The van der Waals surface area contributed by atoms with Crippen molar-refractivity contribution in [3.8, 4) is 0 Å². The van der Waals surface area contributed by atoms with Crippen LogP contribution in [-0.2, 0) is 9.53 Å². The molecule has 0 aromatic heterocycles. The van der Waals surface area contributed by atoms with E-state index in [2.05, 4.69) is 5.32 Å². The first-order chi connectivity index (χ1) is 11.0. The molecule has 6 nitrogen and oxygen atoms in total. The lowest BCUT2D eigenvalue weighted by Crippen LogP contribution is -2.45. The Hall–Kier alpha value is -2.34. The number of nitrogens with one attached hydrogen (secondary N) is 1. The lowest BCUT2D eigenvalue weighted by molar-refractivity contribution is -0.126. The number of hydrogen-bond donors (Lipinski definition) is 1. The fourth-order valence-electron chi connectivity index (χ4n) is 3.01. The zero-order chi connectivity index (χ0) is 16.6. The third-order valence-corrected chi connectivity index (χ3v) is 4.41. The van der Waals surface area contributed by atoms with Gasteiger partial charge in [-0.3, -0.25) is 9.69 Å². The van der Waals surface area contributed by atoms with Gasteiger partial charge >= 0.3 is 6.03 Å². The van der Waals surface area contributed by atoms with Crippen molar-refractivity contribution in [1.82, 2.24) is 15.1 Å². The van der Waals surface area contributed by atoms with E-state index in [9.17, 15) is 9.59 Å². The van der Waals surface area contributed by atoms with Crippen molar-refractivity contribution in [2.75, 3.05) is 33.9 Å². The number of nitrogens with zero attached hydrogens (tertiary/aromatic N) is 2. The van der Waals surface area contributed by atoms with Gasteiger partial charge in [0.05, 0.1) is 30.5 Å². The number of hydrogen-bond acceptors (Lipinski definition) is 3. The Morgan fingerprint density at radius 2 is 1.96 bits per heavy atom. The number of aryl methyl sites for hydroxylation is 1. The Bertz CT molecular complexity index is 666. The van der Waals surface area contributed by atoms with Gasteiger partial charge in [0.2, 0.25) is 0 Å². The molecule has 3 amide bonds. The highest BCUT2D eigenvalue weighted by molar-refractivity contribution is 6.01. The minimum absolute atomic E-state index is 0.0329. The van der Waals surface area contributed by atoms with E-state index in [-0.39, 0.29) is 11.9 Å². The van der Waals surface area contributed by atoms with Crippen molar-refractivity contribution in [3.05, 3.63) is 46.7 Å². The number of carbonyl (C=O) groups is 2. The van der Waals surface area contributed by atoms with Crippen LogP contribution in [0.2, 0.25) is 0 Å². The van der Waals surface area contributed by atoms with Gasteiger partial charge in [0, 0.05) is 20.7 Å². The van der Waals surface area contributed by atoms with Gasteiger partial charge in [-0.15, -0.1) is 0 Å². The second kappa shape index (κ2) is 6.04. The first kappa shape index (κ1) is 15.6. The van der Waals surface area contributed by atoms with Crippen LogP contribution in [0.5, 0.6) is 0 Å². The number of likely N-dealkylation sites (N-methyl/N-ethyl adjacent to an activating group) is 1. The van der Waals surface area contributed by atoms with Crippen molar-refractivity contribution < 1.29 is 14.3 Å². The molecule has 2 aliphatic rings. The van der Waals surface area contributed by atoms with Crippen molar-refractivity contribution in [2.45, 2.75) is 13.0 Å². The van der Waals surface area contributed by atoms with E-state index in [1.807, 2.05) is 31.2 Å². The van der Waals surface area contributed by atoms with E-state index in [1.54, 1.807) is 19.1 Å². The third-order valence-electron chi connectivity index (χ3n) is 4.41. The second-order valence-corrected chi connectivity index (χ2v) is 5.93. The smallest absolute Gasteiger partial charge is 0.322 e. The summed E-state index contributed by atoms with van der Waals surface area (Å²) in [6.45, 7) is 3.45.